The smallest absolute Gasteiger partial charge is 0.388 e. The normalized spacial score (nSPS) is 16.8. The van der Waals surface area contributed by atoms with Crippen LogP contribution in [0.3, 0.4) is 0 Å². The van der Waals surface area contributed by atoms with Crippen molar-refractivity contribution in [3.8, 4) is 5.88 Å². The molecule has 7 nitrogen and oxygen atoms in total. The predicted molar refractivity (Wildman–Crippen MR) is 92.5 cm³/mol. The van der Waals surface area contributed by atoms with Gasteiger partial charge in [0.1, 0.15) is 22.7 Å². The number of nitrogens with zero attached hydrogens (tertiary/aromatic N) is 1. The maximum absolute atomic E-state index is 14.6. The van der Waals surface area contributed by atoms with Crippen molar-refractivity contribution < 1.29 is 36.3 Å². The van der Waals surface area contributed by atoms with Crippen molar-refractivity contribution in [3.63, 3.8) is 0 Å². The molecule has 0 radical (unpaired) electrons. The van der Waals surface area contributed by atoms with E-state index >= 15 is 0 Å². The van der Waals surface area contributed by atoms with Gasteiger partial charge < -0.3 is 20.7 Å². The van der Waals surface area contributed by atoms with Gasteiger partial charge in [0.15, 0.2) is 5.82 Å². The molecule has 0 saturated carbocycles. The summed E-state index contributed by atoms with van der Waals surface area (Å²) < 4.78 is 70.8. The molecule has 2 heterocycles. The molecule has 2 aromatic rings. The Bertz CT molecular complexity index is 994. The molecule has 3 rings (SSSR count). The lowest BCUT2D eigenvalue weighted by molar-refractivity contribution is -0.122. The third-order valence-corrected chi connectivity index (χ3v) is 4.46. The highest BCUT2D eigenvalue weighted by Gasteiger charge is 2.31. The molecule has 1 aliphatic rings. The lowest BCUT2D eigenvalue weighted by Gasteiger charge is -2.22. The van der Waals surface area contributed by atoms with Gasteiger partial charge in [0.2, 0.25) is 5.91 Å². The Balaban J connectivity index is 1.99. The number of benzene rings is 1. The first-order valence-corrected chi connectivity index (χ1v) is 8.63. The number of amides is 3. The average molecular weight is 451 g/mol. The summed E-state index contributed by atoms with van der Waals surface area (Å²) in [7, 11) is 0. The van der Waals surface area contributed by atoms with Crippen molar-refractivity contribution in [2.75, 3.05) is 6.54 Å². The Hall–Kier alpha value is -3.15. The number of aromatic nitrogens is 1. The fraction of sp³-hybridized carbons (Fsp3) is 0.235. The number of carbonyl (C=O) groups excluding carboxylic acids is 2. The van der Waals surface area contributed by atoms with Crippen LogP contribution in [0.15, 0.2) is 24.4 Å². The molecule has 2 atom stereocenters. The summed E-state index contributed by atoms with van der Waals surface area (Å²) in [6.07, 6.45) is 0.869. The van der Waals surface area contributed by atoms with Crippen LogP contribution in [0.1, 0.15) is 17.2 Å². The van der Waals surface area contributed by atoms with Crippen LogP contribution in [0.2, 0.25) is 5.02 Å². The summed E-state index contributed by atoms with van der Waals surface area (Å²) in [5.41, 5.74) is -0.530. The van der Waals surface area contributed by atoms with E-state index in [1.165, 1.54) is 0 Å². The first kappa shape index (κ1) is 21.6. The molecule has 1 aromatic carbocycles. The van der Waals surface area contributed by atoms with Gasteiger partial charge in [-0.3, -0.25) is 4.79 Å². The van der Waals surface area contributed by atoms with E-state index in [0.29, 0.717) is 6.07 Å². The second-order valence-electron chi connectivity index (χ2n) is 6.05. The standard InChI is InChI=1S/C17H12ClF5N4O3/c18-11-8(19)2-1-7(12(11)21)13(27-14(28)10-5-25-17(29)26-10)6-3-9(20)15(24-4-6)30-16(22)23/h1-4,10,13,16H,5H2,(H,27,28)(H2,25,26,29)/t10-,13-/m0/s1. The van der Waals surface area contributed by atoms with Crippen molar-refractivity contribution in [2.45, 2.75) is 18.7 Å². The molecule has 1 saturated heterocycles. The zero-order valence-electron chi connectivity index (χ0n) is 14.7. The number of nitrogens with one attached hydrogen (secondary N) is 3. The van der Waals surface area contributed by atoms with E-state index < -0.39 is 59.0 Å². The highest BCUT2D eigenvalue weighted by atomic mass is 35.5. The van der Waals surface area contributed by atoms with Crippen molar-refractivity contribution in [2.24, 2.45) is 0 Å². The number of hydrogen-bond donors (Lipinski definition) is 3. The van der Waals surface area contributed by atoms with Crippen LogP contribution in [-0.2, 0) is 4.79 Å². The number of carbonyl (C=O) groups is 2. The van der Waals surface area contributed by atoms with Gasteiger partial charge >= 0.3 is 12.6 Å². The van der Waals surface area contributed by atoms with Crippen LogP contribution in [0, 0.1) is 17.5 Å². The van der Waals surface area contributed by atoms with E-state index in [2.05, 4.69) is 25.7 Å². The molecule has 0 unspecified atom stereocenters. The summed E-state index contributed by atoms with van der Waals surface area (Å²) in [4.78, 5) is 27.1. The van der Waals surface area contributed by atoms with Gasteiger partial charge in [-0.2, -0.15) is 8.78 Å². The molecule has 3 N–H and O–H groups in total. The monoisotopic (exact) mass is 450 g/mol. The van der Waals surface area contributed by atoms with E-state index in [4.69, 9.17) is 11.6 Å². The average Bonchev–Trinajstić information content (AvgIpc) is 3.12. The summed E-state index contributed by atoms with van der Waals surface area (Å²) in [5, 5.41) is 6.16. The van der Waals surface area contributed by atoms with Crippen molar-refractivity contribution in [1.82, 2.24) is 20.9 Å². The van der Waals surface area contributed by atoms with Gasteiger partial charge in [0.05, 0.1) is 6.04 Å². The summed E-state index contributed by atoms with van der Waals surface area (Å²) in [6.45, 7) is -3.40. The van der Waals surface area contributed by atoms with Gasteiger partial charge in [0, 0.05) is 23.9 Å². The number of ether oxygens (including phenoxy) is 1. The molecular formula is C17H12ClF5N4O3. The van der Waals surface area contributed by atoms with Crippen LogP contribution in [0.5, 0.6) is 5.88 Å². The minimum Gasteiger partial charge on any atom is -0.414 e. The first-order chi connectivity index (χ1) is 14.2. The molecule has 30 heavy (non-hydrogen) atoms. The second kappa shape index (κ2) is 8.69. The summed E-state index contributed by atoms with van der Waals surface area (Å²) in [6, 6.07) is -0.596. The maximum Gasteiger partial charge on any atom is 0.388 e. The Morgan fingerprint density at radius 3 is 2.60 bits per heavy atom. The van der Waals surface area contributed by atoms with E-state index in [1.807, 2.05) is 0 Å². The number of halogens is 6. The molecule has 160 valence electrons. The Kier molecular flexibility index (Phi) is 6.25. The van der Waals surface area contributed by atoms with Gasteiger partial charge in [-0.25, -0.2) is 22.9 Å². The maximum atomic E-state index is 14.6. The number of pyridine rings is 1. The Morgan fingerprint density at radius 2 is 2.00 bits per heavy atom. The van der Waals surface area contributed by atoms with Crippen molar-refractivity contribution in [1.29, 1.82) is 0 Å². The van der Waals surface area contributed by atoms with Crippen LogP contribution >= 0.6 is 11.6 Å². The van der Waals surface area contributed by atoms with Crippen LogP contribution in [0.25, 0.3) is 0 Å². The van der Waals surface area contributed by atoms with Crippen molar-refractivity contribution >= 4 is 23.5 Å². The van der Waals surface area contributed by atoms with Gasteiger partial charge in [-0.15, -0.1) is 0 Å². The Labute approximate surface area is 170 Å². The minimum atomic E-state index is -3.33. The summed E-state index contributed by atoms with van der Waals surface area (Å²) >= 11 is 5.59. The Morgan fingerprint density at radius 1 is 1.27 bits per heavy atom. The quantitative estimate of drug-likeness (QED) is 0.466. The molecule has 0 spiro atoms. The number of alkyl halides is 2. The minimum absolute atomic E-state index is 0.0716. The molecule has 1 fully saturated rings. The van der Waals surface area contributed by atoms with Crippen LogP contribution in [-0.4, -0.2) is 36.1 Å². The van der Waals surface area contributed by atoms with E-state index in [1.54, 1.807) is 0 Å². The third-order valence-electron chi connectivity index (χ3n) is 4.11. The number of urea groups is 1. The lowest BCUT2D eigenvalue weighted by atomic mass is 9.98. The topological polar surface area (TPSA) is 92.4 Å². The molecular weight excluding hydrogens is 439 g/mol. The van der Waals surface area contributed by atoms with E-state index in [-0.39, 0.29) is 17.7 Å². The zero-order valence-corrected chi connectivity index (χ0v) is 15.4. The van der Waals surface area contributed by atoms with E-state index in [0.717, 1.165) is 18.3 Å². The van der Waals surface area contributed by atoms with E-state index in [9.17, 15) is 31.5 Å². The fourth-order valence-corrected chi connectivity index (χ4v) is 2.90. The largest absolute Gasteiger partial charge is 0.414 e. The molecule has 1 aromatic heterocycles. The molecule has 0 bridgehead atoms. The van der Waals surface area contributed by atoms with Crippen LogP contribution < -0.4 is 20.7 Å². The molecule has 1 aliphatic heterocycles. The molecule has 3 amide bonds. The summed E-state index contributed by atoms with van der Waals surface area (Å²) in [5.74, 6) is -5.41. The van der Waals surface area contributed by atoms with Gasteiger partial charge in [0.25, 0.3) is 5.88 Å². The predicted octanol–water partition coefficient (Wildman–Crippen LogP) is 2.64. The zero-order chi connectivity index (χ0) is 22.0. The fourth-order valence-electron chi connectivity index (χ4n) is 2.73. The van der Waals surface area contributed by atoms with Crippen molar-refractivity contribution in [3.05, 3.63) is 58.0 Å². The highest BCUT2D eigenvalue weighted by Crippen LogP contribution is 2.31. The number of rotatable bonds is 6. The lowest BCUT2D eigenvalue weighted by Crippen LogP contribution is -2.44. The molecule has 0 aliphatic carbocycles. The first-order valence-electron chi connectivity index (χ1n) is 8.25. The molecule has 13 heteroatoms. The highest BCUT2D eigenvalue weighted by molar-refractivity contribution is 6.31. The second-order valence-corrected chi connectivity index (χ2v) is 6.43. The number of hydrogen-bond acceptors (Lipinski definition) is 4. The van der Waals surface area contributed by atoms with Gasteiger partial charge in [-0.1, -0.05) is 17.7 Å². The SMILES string of the molecule is O=C1NC[C@@H](C(=O)N[C@@H](c2cnc(OC(F)F)c(F)c2)c2ccc(F)c(Cl)c2F)N1. The van der Waals surface area contributed by atoms with Crippen LogP contribution in [0.4, 0.5) is 26.7 Å². The third kappa shape index (κ3) is 4.53. The van der Waals surface area contributed by atoms with Gasteiger partial charge in [-0.05, 0) is 12.1 Å².